The highest BCUT2D eigenvalue weighted by molar-refractivity contribution is 6.31. The molecular weight excluding hydrogens is 268 g/mol. The molecule has 0 aliphatic carbocycles. The molecule has 0 radical (unpaired) electrons. The second-order valence-corrected chi connectivity index (χ2v) is 4.34. The molecule has 0 aliphatic heterocycles. The first-order valence-electron chi connectivity index (χ1n) is 5.36. The minimum absolute atomic E-state index is 0.0152. The van der Waals surface area contributed by atoms with Crippen LogP contribution < -0.4 is 0 Å². The molecule has 0 bridgehead atoms. The van der Waals surface area contributed by atoms with E-state index in [4.69, 9.17) is 16.9 Å². The van der Waals surface area contributed by atoms with Gasteiger partial charge in [0.2, 0.25) is 0 Å². The van der Waals surface area contributed by atoms with Crippen LogP contribution in [0.1, 0.15) is 17.0 Å². The summed E-state index contributed by atoms with van der Waals surface area (Å²) in [6, 6.07) is 6.10. The second kappa shape index (κ2) is 4.71. The average molecular weight is 277 g/mol. The van der Waals surface area contributed by atoms with E-state index in [-0.39, 0.29) is 11.3 Å². The number of nitro groups is 1. The number of rotatable bonds is 2. The van der Waals surface area contributed by atoms with E-state index in [9.17, 15) is 10.1 Å². The standard InChI is InChI=1S/C12H9ClN4O2/c1-7-12(13)8(2)16(15-7)10-4-3-9(6-14)11(5-10)17(18)19/h3-5H,1-2H3. The quantitative estimate of drug-likeness (QED) is 0.623. The van der Waals surface area contributed by atoms with Crippen LogP contribution in [0.2, 0.25) is 5.02 Å². The molecule has 1 heterocycles. The number of aryl methyl sites for hydroxylation is 1. The van der Waals surface area contributed by atoms with Crippen LogP contribution in [-0.2, 0) is 0 Å². The molecule has 0 saturated heterocycles. The first-order chi connectivity index (χ1) is 8.95. The third kappa shape index (κ3) is 2.16. The van der Waals surface area contributed by atoms with Crippen LogP contribution in [0, 0.1) is 35.3 Å². The highest BCUT2D eigenvalue weighted by atomic mass is 35.5. The molecule has 2 rings (SSSR count). The van der Waals surface area contributed by atoms with E-state index in [0.717, 1.165) is 0 Å². The average Bonchev–Trinajstić information content (AvgIpc) is 2.65. The maximum Gasteiger partial charge on any atom is 0.289 e. The Morgan fingerprint density at radius 2 is 2.16 bits per heavy atom. The van der Waals surface area contributed by atoms with E-state index in [0.29, 0.717) is 22.1 Å². The van der Waals surface area contributed by atoms with Crippen molar-refractivity contribution in [2.75, 3.05) is 0 Å². The molecule has 0 spiro atoms. The normalized spacial score (nSPS) is 10.2. The van der Waals surface area contributed by atoms with E-state index in [1.807, 2.05) is 0 Å². The van der Waals surface area contributed by atoms with Gasteiger partial charge in [-0.25, -0.2) is 4.68 Å². The van der Waals surface area contributed by atoms with Crippen molar-refractivity contribution in [1.82, 2.24) is 9.78 Å². The molecule has 7 heteroatoms. The topological polar surface area (TPSA) is 84.8 Å². The minimum atomic E-state index is -0.588. The number of halogens is 1. The summed E-state index contributed by atoms with van der Waals surface area (Å²) < 4.78 is 1.52. The molecule has 0 aliphatic rings. The lowest BCUT2D eigenvalue weighted by molar-refractivity contribution is -0.385. The van der Waals surface area contributed by atoms with Crippen LogP contribution in [0.5, 0.6) is 0 Å². The lowest BCUT2D eigenvalue weighted by Crippen LogP contribution is -2.01. The Balaban J connectivity index is 2.64. The van der Waals surface area contributed by atoms with Gasteiger partial charge in [-0.1, -0.05) is 11.6 Å². The Bertz CT molecular complexity index is 715. The smallest absolute Gasteiger partial charge is 0.258 e. The Morgan fingerprint density at radius 3 is 2.63 bits per heavy atom. The van der Waals surface area contributed by atoms with Gasteiger partial charge in [0.25, 0.3) is 5.69 Å². The Hall–Kier alpha value is -2.39. The Kier molecular flexibility index (Phi) is 3.23. The van der Waals surface area contributed by atoms with Crippen LogP contribution >= 0.6 is 11.6 Å². The van der Waals surface area contributed by atoms with Crippen molar-refractivity contribution in [2.24, 2.45) is 0 Å². The molecule has 1 aromatic heterocycles. The van der Waals surface area contributed by atoms with E-state index in [1.165, 1.54) is 16.8 Å². The van der Waals surface area contributed by atoms with Crippen molar-refractivity contribution in [2.45, 2.75) is 13.8 Å². The van der Waals surface area contributed by atoms with Gasteiger partial charge >= 0.3 is 0 Å². The summed E-state index contributed by atoms with van der Waals surface area (Å²) in [5, 5.41) is 24.5. The highest BCUT2D eigenvalue weighted by Crippen LogP contribution is 2.26. The number of benzene rings is 1. The molecule has 0 atom stereocenters. The van der Waals surface area contributed by atoms with Gasteiger partial charge < -0.3 is 0 Å². The summed E-state index contributed by atoms with van der Waals surface area (Å²) in [4.78, 5) is 10.3. The van der Waals surface area contributed by atoms with Crippen LogP contribution in [0.4, 0.5) is 5.69 Å². The summed E-state index contributed by atoms with van der Waals surface area (Å²) in [5.74, 6) is 0. The van der Waals surface area contributed by atoms with Crippen molar-refractivity contribution in [3.05, 3.63) is 50.3 Å². The van der Waals surface area contributed by atoms with Gasteiger partial charge in [0.05, 0.1) is 27.0 Å². The predicted octanol–water partition coefficient (Wildman–Crippen LogP) is 2.92. The summed E-state index contributed by atoms with van der Waals surface area (Å²) in [5.41, 5.74) is 1.60. The van der Waals surface area contributed by atoms with Gasteiger partial charge in [0.1, 0.15) is 11.6 Å². The van der Waals surface area contributed by atoms with Gasteiger partial charge in [-0.15, -0.1) is 0 Å². The number of aromatic nitrogens is 2. The maximum atomic E-state index is 10.9. The zero-order valence-corrected chi connectivity index (χ0v) is 11.0. The fraction of sp³-hybridized carbons (Fsp3) is 0.167. The zero-order valence-electron chi connectivity index (χ0n) is 10.2. The SMILES string of the molecule is Cc1nn(-c2ccc(C#N)c([N+](=O)[O-])c2)c(C)c1Cl. The van der Waals surface area contributed by atoms with Crippen LogP contribution in [0.3, 0.4) is 0 Å². The fourth-order valence-electron chi connectivity index (χ4n) is 1.77. The largest absolute Gasteiger partial charge is 0.289 e. The molecule has 19 heavy (non-hydrogen) atoms. The van der Waals surface area contributed by atoms with Crippen molar-refractivity contribution < 1.29 is 4.92 Å². The van der Waals surface area contributed by atoms with Crippen LogP contribution in [-0.4, -0.2) is 14.7 Å². The molecule has 0 fully saturated rings. The lowest BCUT2D eigenvalue weighted by atomic mass is 10.2. The zero-order chi connectivity index (χ0) is 14.2. The minimum Gasteiger partial charge on any atom is -0.258 e. The first kappa shape index (κ1) is 13.1. The number of hydrogen-bond acceptors (Lipinski definition) is 4. The Morgan fingerprint density at radius 1 is 1.47 bits per heavy atom. The fourth-order valence-corrected chi connectivity index (χ4v) is 1.89. The van der Waals surface area contributed by atoms with Gasteiger partial charge in [-0.2, -0.15) is 10.4 Å². The molecule has 96 valence electrons. The monoisotopic (exact) mass is 276 g/mol. The number of nitro benzene ring substituents is 1. The third-order valence-electron chi connectivity index (χ3n) is 2.75. The molecule has 1 aromatic carbocycles. The van der Waals surface area contributed by atoms with E-state index in [2.05, 4.69) is 5.10 Å². The summed E-state index contributed by atoms with van der Waals surface area (Å²) in [6.45, 7) is 3.52. The molecule has 0 saturated carbocycles. The first-order valence-corrected chi connectivity index (χ1v) is 5.74. The third-order valence-corrected chi connectivity index (χ3v) is 3.29. The highest BCUT2D eigenvalue weighted by Gasteiger charge is 2.17. The molecule has 6 nitrogen and oxygen atoms in total. The molecular formula is C12H9ClN4O2. The maximum absolute atomic E-state index is 10.9. The predicted molar refractivity (Wildman–Crippen MR) is 69.4 cm³/mol. The summed E-state index contributed by atoms with van der Waals surface area (Å²) in [7, 11) is 0. The van der Waals surface area contributed by atoms with E-state index in [1.54, 1.807) is 26.0 Å². The van der Waals surface area contributed by atoms with E-state index < -0.39 is 4.92 Å². The van der Waals surface area contributed by atoms with Crippen LogP contribution in [0.15, 0.2) is 18.2 Å². The number of nitriles is 1. The van der Waals surface area contributed by atoms with Gasteiger partial charge in [0.15, 0.2) is 0 Å². The van der Waals surface area contributed by atoms with Crippen molar-refractivity contribution in [3.8, 4) is 11.8 Å². The van der Waals surface area contributed by atoms with Crippen molar-refractivity contribution >= 4 is 17.3 Å². The molecule has 0 amide bonds. The van der Waals surface area contributed by atoms with Crippen molar-refractivity contribution in [1.29, 1.82) is 5.26 Å². The van der Waals surface area contributed by atoms with Crippen LogP contribution in [0.25, 0.3) is 5.69 Å². The van der Waals surface area contributed by atoms with Gasteiger partial charge in [-0.05, 0) is 26.0 Å². The number of nitrogens with zero attached hydrogens (tertiary/aromatic N) is 4. The van der Waals surface area contributed by atoms with Gasteiger partial charge in [-0.3, -0.25) is 10.1 Å². The lowest BCUT2D eigenvalue weighted by Gasteiger charge is -2.04. The molecule has 0 N–H and O–H groups in total. The summed E-state index contributed by atoms with van der Waals surface area (Å²) >= 11 is 6.04. The van der Waals surface area contributed by atoms with Gasteiger partial charge in [0, 0.05) is 6.07 Å². The molecule has 0 unspecified atom stereocenters. The van der Waals surface area contributed by atoms with Crippen molar-refractivity contribution in [3.63, 3.8) is 0 Å². The second-order valence-electron chi connectivity index (χ2n) is 3.97. The van der Waals surface area contributed by atoms with E-state index >= 15 is 0 Å². The number of hydrogen-bond donors (Lipinski definition) is 0. The Labute approximate surface area is 114 Å². The molecule has 2 aromatic rings. The summed E-state index contributed by atoms with van der Waals surface area (Å²) in [6.07, 6.45) is 0.